The number of rotatable bonds is 6. The van der Waals surface area contributed by atoms with E-state index in [9.17, 15) is 9.59 Å². The van der Waals surface area contributed by atoms with Gasteiger partial charge < -0.3 is 20.3 Å². The summed E-state index contributed by atoms with van der Waals surface area (Å²) in [5.74, 6) is 0.679. The second-order valence-corrected chi connectivity index (χ2v) is 8.32. The average molecular weight is 448 g/mol. The van der Waals surface area contributed by atoms with Crippen molar-refractivity contribution < 1.29 is 14.3 Å². The molecule has 3 amide bonds. The summed E-state index contributed by atoms with van der Waals surface area (Å²) in [6.45, 7) is 1.01. The first kappa shape index (κ1) is 21.8. The molecule has 0 bridgehead atoms. The number of nitrogens with one attached hydrogen (secondary N) is 2. The molecule has 164 valence electrons. The molecule has 0 saturated heterocycles. The van der Waals surface area contributed by atoms with Crippen LogP contribution in [0.2, 0.25) is 0 Å². The highest BCUT2D eigenvalue weighted by atomic mass is 32.2. The number of benzene rings is 3. The van der Waals surface area contributed by atoms with Gasteiger partial charge in [-0.2, -0.15) is 0 Å². The molecule has 6 nitrogen and oxygen atoms in total. The molecule has 0 aromatic heterocycles. The highest BCUT2D eigenvalue weighted by Gasteiger charge is 2.26. The van der Waals surface area contributed by atoms with Crippen LogP contribution < -0.4 is 20.3 Å². The monoisotopic (exact) mass is 447 g/mol. The molecule has 0 fully saturated rings. The van der Waals surface area contributed by atoms with Gasteiger partial charge >= 0.3 is 6.03 Å². The Morgan fingerprint density at radius 1 is 1.06 bits per heavy atom. The van der Waals surface area contributed by atoms with E-state index >= 15 is 0 Å². The predicted molar refractivity (Wildman–Crippen MR) is 129 cm³/mol. The second-order valence-electron chi connectivity index (χ2n) is 7.44. The zero-order valence-corrected chi connectivity index (χ0v) is 18.9. The van der Waals surface area contributed by atoms with E-state index in [1.165, 1.54) is 0 Å². The Balaban J connectivity index is 1.41. The summed E-state index contributed by atoms with van der Waals surface area (Å²) < 4.78 is 5.18. The number of carbonyl (C=O) groups excluding carboxylic acids is 2. The number of fused-ring (bicyclic) bond motifs is 1. The molecule has 0 aliphatic carbocycles. The summed E-state index contributed by atoms with van der Waals surface area (Å²) in [7, 11) is 1.60. The number of urea groups is 1. The molecule has 1 heterocycles. The number of nitrogens with zero attached hydrogens (tertiary/aromatic N) is 1. The SMILES string of the molecule is COc1ccc(C(=O)N2CCc3ccc(CNC(=O)Nc4cccc(SC)c4)cc32)cc1. The van der Waals surface area contributed by atoms with Gasteiger partial charge in [0.15, 0.2) is 0 Å². The number of hydrogen-bond donors (Lipinski definition) is 2. The fourth-order valence-electron chi connectivity index (χ4n) is 3.69. The summed E-state index contributed by atoms with van der Waals surface area (Å²) in [5.41, 5.74) is 4.34. The van der Waals surface area contributed by atoms with Gasteiger partial charge in [0.2, 0.25) is 0 Å². The van der Waals surface area contributed by atoms with E-state index in [0.717, 1.165) is 39.6 Å². The maximum absolute atomic E-state index is 13.0. The van der Waals surface area contributed by atoms with Crippen molar-refractivity contribution >= 4 is 35.1 Å². The van der Waals surface area contributed by atoms with Crippen molar-refractivity contribution in [2.24, 2.45) is 0 Å². The number of methoxy groups -OCH3 is 1. The topological polar surface area (TPSA) is 70.7 Å². The van der Waals surface area contributed by atoms with Crippen LogP contribution >= 0.6 is 11.8 Å². The van der Waals surface area contributed by atoms with Crippen LogP contribution in [-0.2, 0) is 13.0 Å². The Morgan fingerprint density at radius 2 is 1.88 bits per heavy atom. The van der Waals surface area contributed by atoms with Crippen LogP contribution in [0.4, 0.5) is 16.2 Å². The maximum Gasteiger partial charge on any atom is 0.319 e. The van der Waals surface area contributed by atoms with Gasteiger partial charge in [-0.25, -0.2) is 4.79 Å². The van der Waals surface area contributed by atoms with Gasteiger partial charge in [-0.15, -0.1) is 11.8 Å². The lowest BCUT2D eigenvalue weighted by atomic mass is 10.1. The minimum absolute atomic E-state index is 0.0390. The molecule has 1 aliphatic rings. The van der Waals surface area contributed by atoms with Crippen LogP contribution in [0.1, 0.15) is 21.5 Å². The lowest BCUT2D eigenvalue weighted by Crippen LogP contribution is -2.29. The van der Waals surface area contributed by atoms with E-state index in [2.05, 4.69) is 10.6 Å². The van der Waals surface area contributed by atoms with Crippen LogP contribution in [0.3, 0.4) is 0 Å². The summed E-state index contributed by atoms with van der Waals surface area (Å²) in [5, 5.41) is 5.75. The standard InChI is InChI=1S/C25H25N3O3S/c1-31-21-10-8-19(9-11-21)24(29)28-13-12-18-7-6-17(14-23(18)28)16-26-25(30)27-20-4-3-5-22(15-20)32-2/h3-11,14-15H,12-13,16H2,1-2H3,(H2,26,27,30). The second kappa shape index (κ2) is 9.78. The molecule has 4 rings (SSSR count). The van der Waals surface area contributed by atoms with E-state index in [4.69, 9.17) is 4.74 Å². The number of thioether (sulfide) groups is 1. The quantitative estimate of drug-likeness (QED) is 0.525. The first-order chi connectivity index (χ1) is 15.6. The van der Waals surface area contributed by atoms with Crippen molar-refractivity contribution in [3.8, 4) is 5.75 Å². The third-order valence-corrected chi connectivity index (χ3v) is 6.13. The highest BCUT2D eigenvalue weighted by Crippen LogP contribution is 2.30. The Morgan fingerprint density at radius 3 is 2.62 bits per heavy atom. The minimum Gasteiger partial charge on any atom is -0.497 e. The molecule has 0 saturated carbocycles. The third-order valence-electron chi connectivity index (χ3n) is 5.41. The summed E-state index contributed by atoms with van der Waals surface area (Å²) in [6.07, 6.45) is 2.81. The molecule has 0 radical (unpaired) electrons. The first-order valence-corrected chi connectivity index (χ1v) is 11.6. The van der Waals surface area contributed by atoms with Gasteiger partial charge in [0.25, 0.3) is 5.91 Å². The van der Waals surface area contributed by atoms with Gasteiger partial charge in [0.1, 0.15) is 5.75 Å². The zero-order chi connectivity index (χ0) is 22.5. The molecule has 2 N–H and O–H groups in total. The van der Waals surface area contributed by atoms with Crippen LogP contribution in [0.25, 0.3) is 0 Å². The van der Waals surface area contributed by atoms with Gasteiger partial charge in [-0.05, 0) is 72.3 Å². The van der Waals surface area contributed by atoms with E-state index in [1.807, 2.05) is 48.7 Å². The number of amides is 3. The van der Waals surface area contributed by atoms with Crippen molar-refractivity contribution in [3.63, 3.8) is 0 Å². The molecular formula is C25H25N3O3S. The number of carbonyl (C=O) groups is 2. The van der Waals surface area contributed by atoms with Gasteiger partial charge in [0.05, 0.1) is 7.11 Å². The smallest absolute Gasteiger partial charge is 0.319 e. The number of hydrogen-bond acceptors (Lipinski definition) is 4. The predicted octanol–water partition coefficient (Wildman–Crippen LogP) is 4.94. The zero-order valence-electron chi connectivity index (χ0n) is 18.1. The van der Waals surface area contributed by atoms with E-state index in [0.29, 0.717) is 18.7 Å². The normalized spacial score (nSPS) is 12.2. The van der Waals surface area contributed by atoms with E-state index in [1.54, 1.807) is 48.0 Å². The van der Waals surface area contributed by atoms with Crippen molar-refractivity contribution in [3.05, 3.63) is 83.4 Å². The fraction of sp³-hybridized carbons (Fsp3) is 0.200. The first-order valence-electron chi connectivity index (χ1n) is 10.3. The Labute approximate surface area is 192 Å². The van der Waals surface area contributed by atoms with Crippen molar-refractivity contribution in [2.45, 2.75) is 17.9 Å². The van der Waals surface area contributed by atoms with Crippen LogP contribution in [0.5, 0.6) is 5.75 Å². The summed E-state index contributed by atoms with van der Waals surface area (Å²) in [4.78, 5) is 28.3. The Bertz CT molecular complexity index is 1130. The van der Waals surface area contributed by atoms with Crippen LogP contribution in [0, 0.1) is 0 Å². The van der Waals surface area contributed by atoms with Crippen LogP contribution in [0.15, 0.2) is 71.6 Å². The van der Waals surface area contributed by atoms with Gasteiger partial charge in [0, 0.05) is 34.9 Å². The molecule has 0 unspecified atom stereocenters. The Hall–Kier alpha value is -3.45. The fourth-order valence-corrected chi connectivity index (χ4v) is 4.15. The average Bonchev–Trinajstić information content (AvgIpc) is 3.25. The summed E-state index contributed by atoms with van der Waals surface area (Å²) in [6, 6.07) is 20.6. The maximum atomic E-state index is 13.0. The largest absolute Gasteiger partial charge is 0.497 e. The van der Waals surface area contributed by atoms with E-state index < -0.39 is 0 Å². The molecule has 0 spiro atoms. The van der Waals surface area contributed by atoms with Gasteiger partial charge in [-0.1, -0.05) is 18.2 Å². The van der Waals surface area contributed by atoms with Crippen molar-refractivity contribution in [2.75, 3.05) is 30.1 Å². The number of ether oxygens (including phenoxy) is 1. The number of anilines is 2. The molecule has 7 heteroatoms. The third kappa shape index (κ3) is 4.89. The molecular weight excluding hydrogens is 422 g/mol. The molecule has 3 aromatic carbocycles. The Kier molecular flexibility index (Phi) is 6.66. The van der Waals surface area contributed by atoms with Gasteiger partial charge in [-0.3, -0.25) is 4.79 Å². The van der Waals surface area contributed by atoms with Crippen LogP contribution in [-0.4, -0.2) is 31.8 Å². The van der Waals surface area contributed by atoms with Crippen molar-refractivity contribution in [1.29, 1.82) is 0 Å². The molecule has 0 atom stereocenters. The minimum atomic E-state index is -0.269. The molecule has 32 heavy (non-hydrogen) atoms. The summed E-state index contributed by atoms with van der Waals surface area (Å²) >= 11 is 1.62. The molecule has 3 aromatic rings. The van der Waals surface area contributed by atoms with E-state index in [-0.39, 0.29) is 11.9 Å². The highest BCUT2D eigenvalue weighted by molar-refractivity contribution is 7.98. The van der Waals surface area contributed by atoms with Crippen molar-refractivity contribution in [1.82, 2.24) is 5.32 Å². The molecule has 1 aliphatic heterocycles. The lowest BCUT2D eigenvalue weighted by molar-refractivity contribution is 0.0989. The lowest BCUT2D eigenvalue weighted by Gasteiger charge is -2.18.